The number of rotatable bonds is 3. The van der Waals surface area contributed by atoms with Gasteiger partial charge in [0.1, 0.15) is 11.9 Å². The third-order valence-corrected chi connectivity index (χ3v) is 2.86. The Morgan fingerprint density at radius 1 is 1.05 bits per heavy atom. The smallest absolute Gasteiger partial charge is 0.380 e. The van der Waals surface area contributed by atoms with E-state index in [2.05, 4.69) is 5.32 Å². The molecule has 0 amide bonds. The summed E-state index contributed by atoms with van der Waals surface area (Å²) in [4.78, 5) is 0. The number of anilines is 1. The molecule has 0 spiro atoms. The maximum atomic E-state index is 12.8. The number of nitrogens with one attached hydrogen (secondary N) is 1. The summed E-state index contributed by atoms with van der Waals surface area (Å²) >= 11 is 0. The topological polar surface area (TPSA) is 35.8 Å². The fraction of sp³-hybridized carbons (Fsp3) is 0.133. The summed E-state index contributed by atoms with van der Waals surface area (Å²) in [5.41, 5.74) is 0.0910. The molecule has 2 aromatic rings. The van der Waals surface area contributed by atoms with Crippen LogP contribution in [-0.2, 0) is 12.7 Å². The van der Waals surface area contributed by atoms with E-state index >= 15 is 0 Å². The Labute approximate surface area is 118 Å². The van der Waals surface area contributed by atoms with Crippen molar-refractivity contribution in [1.82, 2.24) is 0 Å². The van der Waals surface area contributed by atoms with Gasteiger partial charge in [-0.05, 0) is 35.9 Å². The van der Waals surface area contributed by atoms with Gasteiger partial charge < -0.3 is 5.32 Å². The molecule has 0 aromatic heterocycles. The molecule has 108 valence electrons. The van der Waals surface area contributed by atoms with E-state index in [0.29, 0.717) is 5.69 Å². The second-order valence-corrected chi connectivity index (χ2v) is 4.35. The Bertz CT molecular complexity index is 670. The van der Waals surface area contributed by atoms with Gasteiger partial charge in [0.05, 0.1) is 16.8 Å². The van der Waals surface area contributed by atoms with Crippen molar-refractivity contribution in [2.24, 2.45) is 0 Å². The van der Waals surface area contributed by atoms with E-state index in [9.17, 15) is 17.6 Å². The standard InChI is InChI=1S/C15H10F4N2/c16-13-4-1-10(2-5-13)9-21-14-6-3-12(15(17,18)19)7-11(14)8-20/h1-7,21H,9H2. The van der Waals surface area contributed by atoms with Crippen molar-refractivity contribution in [2.75, 3.05) is 5.32 Å². The van der Waals surface area contributed by atoms with Gasteiger partial charge in [0.15, 0.2) is 0 Å². The summed E-state index contributed by atoms with van der Waals surface area (Å²) in [5.74, 6) is -0.369. The molecule has 0 bridgehead atoms. The molecule has 0 atom stereocenters. The molecule has 0 saturated carbocycles. The molecule has 2 aromatic carbocycles. The maximum absolute atomic E-state index is 12.8. The van der Waals surface area contributed by atoms with Crippen molar-refractivity contribution in [3.63, 3.8) is 0 Å². The summed E-state index contributed by atoms with van der Waals surface area (Å²) in [7, 11) is 0. The van der Waals surface area contributed by atoms with E-state index in [-0.39, 0.29) is 17.9 Å². The number of alkyl halides is 3. The van der Waals surface area contributed by atoms with Crippen molar-refractivity contribution >= 4 is 5.69 Å². The average Bonchev–Trinajstić information content (AvgIpc) is 2.45. The monoisotopic (exact) mass is 294 g/mol. The number of halogens is 4. The second kappa shape index (κ2) is 5.83. The molecular formula is C15H10F4N2. The summed E-state index contributed by atoms with van der Waals surface area (Å²) in [6.45, 7) is 0.278. The third kappa shape index (κ3) is 3.72. The fourth-order valence-electron chi connectivity index (χ4n) is 1.77. The highest BCUT2D eigenvalue weighted by Gasteiger charge is 2.31. The SMILES string of the molecule is N#Cc1cc(C(F)(F)F)ccc1NCc1ccc(F)cc1. The van der Waals surface area contributed by atoms with E-state index < -0.39 is 11.7 Å². The van der Waals surface area contributed by atoms with Gasteiger partial charge >= 0.3 is 6.18 Å². The minimum absolute atomic E-state index is 0.0908. The lowest BCUT2D eigenvalue weighted by atomic mass is 10.1. The molecule has 21 heavy (non-hydrogen) atoms. The van der Waals surface area contributed by atoms with Crippen molar-refractivity contribution in [1.29, 1.82) is 5.26 Å². The molecule has 0 fully saturated rings. The van der Waals surface area contributed by atoms with Crippen LogP contribution in [0.25, 0.3) is 0 Å². The molecule has 2 nitrogen and oxygen atoms in total. The molecule has 0 aliphatic heterocycles. The largest absolute Gasteiger partial charge is 0.416 e. The molecule has 0 aliphatic rings. The number of hydrogen-bond acceptors (Lipinski definition) is 2. The van der Waals surface area contributed by atoms with Crippen LogP contribution in [0.3, 0.4) is 0 Å². The molecule has 1 N–H and O–H groups in total. The predicted molar refractivity (Wildman–Crippen MR) is 69.9 cm³/mol. The highest BCUT2D eigenvalue weighted by molar-refractivity contribution is 5.59. The fourth-order valence-corrected chi connectivity index (χ4v) is 1.77. The summed E-state index contributed by atoms with van der Waals surface area (Å²) in [6, 6.07) is 10.3. The molecule has 0 heterocycles. The van der Waals surface area contributed by atoms with Gasteiger partial charge in [-0.3, -0.25) is 0 Å². The number of nitrogens with zero attached hydrogens (tertiary/aromatic N) is 1. The molecule has 0 aliphatic carbocycles. The van der Waals surface area contributed by atoms with Crippen LogP contribution in [0.5, 0.6) is 0 Å². The lowest BCUT2D eigenvalue weighted by Gasteiger charge is -2.11. The van der Waals surface area contributed by atoms with Gasteiger partial charge in [0.25, 0.3) is 0 Å². The lowest BCUT2D eigenvalue weighted by molar-refractivity contribution is -0.137. The summed E-state index contributed by atoms with van der Waals surface area (Å²) in [5, 5.41) is 11.8. The molecule has 0 saturated heterocycles. The third-order valence-electron chi connectivity index (χ3n) is 2.86. The van der Waals surface area contributed by atoms with E-state index in [0.717, 1.165) is 17.7 Å². The van der Waals surface area contributed by atoms with Crippen molar-refractivity contribution < 1.29 is 17.6 Å². The molecule has 0 unspecified atom stereocenters. The van der Waals surface area contributed by atoms with Crippen molar-refractivity contribution in [3.05, 3.63) is 65.0 Å². The number of hydrogen-bond donors (Lipinski definition) is 1. The quantitative estimate of drug-likeness (QED) is 0.855. The van der Waals surface area contributed by atoms with Crippen LogP contribution in [0.15, 0.2) is 42.5 Å². The zero-order valence-corrected chi connectivity index (χ0v) is 10.7. The van der Waals surface area contributed by atoms with Gasteiger partial charge in [0, 0.05) is 6.54 Å². The van der Waals surface area contributed by atoms with E-state index in [4.69, 9.17) is 5.26 Å². The Morgan fingerprint density at radius 2 is 1.71 bits per heavy atom. The Kier molecular flexibility index (Phi) is 4.13. The summed E-state index contributed by atoms with van der Waals surface area (Å²) < 4.78 is 50.4. The Hall–Kier alpha value is -2.55. The van der Waals surface area contributed by atoms with E-state index in [1.165, 1.54) is 18.2 Å². The molecule has 0 radical (unpaired) electrons. The van der Waals surface area contributed by atoms with Crippen molar-refractivity contribution in [2.45, 2.75) is 12.7 Å². The molecule has 6 heteroatoms. The minimum atomic E-state index is -4.49. The normalized spacial score (nSPS) is 11.0. The maximum Gasteiger partial charge on any atom is 0.416 e. The van der Waals surface area contributed by atoms with Gasteiger partial charge in [-0.2, -0.15) is 18.4 Å². The first-order valence-electron chi connectivity index (χ1n) is 6.00. The first-order valence-corrected chi connectivity index (χ1v) is 6.00. The van der Waals surface area contributed by atoms with Crippen LogP contribution < -0.4 is 5.32 Å². The van der Waals surface area contributed by atoms with Gasteiger partial charge in [-0.1, -0.05) is 12.1 Å². The average molecular weight is 294 g/mol. The first kappa shape index (κ1) is 14.9. The summed E-state index contributed by atoms with van der Waals surface area (Å²) in [6.07, 6.45) is -4.49. The number of nitriles is 1. The number of benzene rings is 2. The van der Waals surface area contributed by atoms with Crippen LogP contribution in [0.4, 0.5) is 23.2 Å². The highest BCUT2D eigenvalue weighted by Crippen LogP contribution is 2.31. The van der Waals surface area contributed by atoms with E-state index in [1.54, 1.807) is 18.2 Å². The van der Waals surface area contributed by atoms with Crippen LogP contribution in [-0.4, -0.2) is 0 Å². The highest BCUT2D eigenvalue weighted by atomic mass is 19.4. The van der Waals surface area contributed by atoms with Gasteiger partial charge in [-0.15, -0.1) is 0 Å². The van der Waals surface area contributed by atoms with Crippen LogP contribution in [0, 0.1) is 17.1 Å². The molecular weight excluding hydrogens is 284 g/mol. The van der Waals surface area contributed by atoms with Gasteiger partial charge in [-0.25, -0.2) is 4.39 Å². The molecule has 2 rings (SSSR count). The lowest BCUT2D eigenvalue weighted by Crippen LogP contribution is -2.07. The first-order chi connectivity index (χ1) is 9.90. The Balaban J connectivity index is 2.17. The van der Waals surface area contributed by atoms with Crippen LogP contribution in [0.2, 0.25) is 0 Å². The predicted octanol–water partition coefficient (Wildman–Crippen LogP) is 4.33. The zero-order valence-electron chi connectivity index (χ0n) is 10.7. The van der Waals surface area contributed by atoms with Crippen LogP contribution >= 0.6 is 0 Å². The Morgan fingerprint density at radius 3 is 2.29 bits per heavy atom. The van der Waals surface area contributed by atoms with Crippen molar-refractivity contribution in [3.8, 4) is 6.07 Å². The minimum Gasteiger partial charge on any atom is -0.380 e. The zero-order chi connectivity index (χ0) is 15.5. The van der Waals surface area contributed by atoms with E-state index in [1.807, 2.05) is 0 Å². The van der Waals surface area contributed by atoms with Crippen LogP contribution in [0.1, 0.15) is 16.7 Å². The second-order valence-electron chi connectivity index (χ2n) is 4.35. The van der Waals surface area contributed by atoms with Gasteiger partial charge in [0.2, 0.25) is 0 Å².